The number of carbonyl (C=O) groups is 1. The lowest BCUT2D eigenvalue weighted by Crippen LogP contribution is -2.26. The van der Waals surface area contributed by atoms with Crippen LogP contribution in [-0.4, -0.2) is 47.2 Å². The number of carbonyl (C=O) groups excluding carboxylic acids is 1. The number of rotatable bonds is 5. The van der Waals surface area contributed by atoms with Gasteiger partial charge in [0.05, 0.1) is 6.61 Å². The summed E-state index contributed by atoms with van der Waals surface area (Å²) >= 11 is 0. The summed E-state index contributed by atoms with van der Waals surface area (Å²) in [6.07, 6.45) is 4.96. The standard InChI is InChI=1S/C23H28N4O3/c1-2-20(29)27-9-7-14(12-27)22-21(15-8-10-30-13-15)17(23(25)26-22)11-18(24)16-5-3-4-6-19(16)28/h2-6,11,14-15,26,28H,1,7-10,12-13,24-25H2/b18-11-. The molecular formula is C23H28N4O3. The average Bonchev–Trinajstić information content (AvgIpc) is 3.48. The molecule has 1 amide bonds. The topological polar surface area (TPSA) is 118 Å². The molecule has 2 aromatic rings. The van der Waals surface area contributed by atoms with Gasteiger partial charge in [0.1, 0.15) is 11.6 Å². The fraction of sp³-hybridized carbons (Fsp3) is 0.348. The van der Waals surface area contributed by atoms with Gasteiger partial charge in [-0.3, -0.25) is 4.79 Å². The van der Waals surface area contributed by atoms with Crippen molar-refractivity contribution < 1.29 is 14.6 Å². The molecule has 0 spiro atoms. The van der Waals surface area contributed by atoms with Crippen LogP contribution in [0.2, 0.25) is 0 Å². The second-order valence-corrected chi connectivity index (χ2v) is 7.93. The van der Waals surface area contributed by atoms with E-state index in [0.29, 0.717) is 43.4 Å². The number of likely N-dealkylation sites (tertiary alicyclic amines) is 1. The van der Waals surface area contributed by atoms with Gasteiger partial charge in [-0.1, -0.05) is 18.7 Å². The Balaban J connectivity index is 1.74. The third-order valence-electron chi connectivity index (χ3n) is 6.08. The van der Waals surface area contributed by atoms with Gasteiger partial charge >= 0.3 is 0 Å². The molecule has 2 atom stereocenters. The van der Waals surface area contributed by atoms with E-state index in [9.17, 15) is 9.90 Å². The lowest BCUT2D eigenvalue weighted by atomic mass is 9.88. The van der Waals surface area contributed by atoms with Crippen LogP contribution in [0.25, 0.3) is 11.8 Å². The monoisotopic (exact) mass is 408 g/mol. The van der Waals surface area contributed by atoms with Gasteiger partial charge in [0.2, 0.25) is 5.91 Å². The van der Waals surface area contributed by atoms with E-state index in [2.05, 4.69) is 11.6 Å². The molecule has 1 aromatic heterocycles. The lowest BCUT2D eigenvalue weighted by molar-refractivity contribution is -0.125. The Hall–Kier alpha value is -3.19. The minimum atomic E-state index is -0.0494. The largest absolute Gasteiger partial charge is 0.507 e. The highest BCUT2D eigenvalue weighted by molar-refractivity contribution is 5.88. The van der Waals surface area contributed by atoms with Crippen molar-refractivity contribution in [2.24, 2.45) is 5.73 Å². The Bertz CT molecular complexity index is 988. The summed E-state index contributed by atoms with van der Waals surface area (Å²) in [6, 6.07) is 6.97. The number of hydrogen-bond donors (Lipinski definition) is 4. The van der Waals surface area contributed by atoms with E-state index < -0.39 is 0 Å². The minimum absolute atomic E-state index is 0.0494. The number of H-pyrrole nitrogens is 1. The van der Waals surface area contributed by atoms with Crippen molar-refractivity contribution in [1.29, 1.82) is 0 Å². The fourth-order valence-corrected chi connectivity index (χ4v) is 4.53. The van der Waals surface area contributed by atoms with Gasteiger partial charge in [0.25, 0.3) is 0 Å². The zero-order valence-electron chi connectivity index (χ0n) is 16.9. The maximum Gasteiger partial charge on any atom is 0.245 e. The number of phenols is 1. The number of para-hydroxylation sites is 1. The summed E-state index contributed by atoms with van der Waals surface area (Å²) in [5.74, 6) is 0.993. The van der Waals surface area contributed by atoms with Crippen LogP contribution in [0.15, 0.2) is 36.9 Å². The number of aromatic hydroxyl groups is 1. The highest BCUT2D eigenvalue weighted by Gasteiger charge is 2.34. The van der Waals surface area contributed by atoms with Gasteiger partial charge in [-0.15, -0.1) is 0 Å². The summed E-state index contributed by atoms with van der Waals surface area (Å²) in [7, 11) is 0. The van der Waals surface area contributed by atoms with E-state index in [4.69, 9.17) is 16.2 Å². The molecule has 7 heteroatoms. The molecule has 2 aliphatic rings. The molecule has 0 bridgehead atoms. The van der Waals surface area contributed by atoms with Gasteiger partial charge in [-0.2, -0.15) is 0 Å². The molecular weight excluding hydrogens is 380 g/mol. The molecule has 4 rings (SSSR count). The summed E-state index contributed by atoms with van der Waals surface area (Å²) in [4.78, 5) is 17.2. The Morgan fingerprint density at radius 2 is 2.10 bits per heavy atom. The minimum Gasteiger partial charge on any atom is -0.507 e. The Labute approximate surface area is 176 Å². The van der Waals surface area contributed by atoms with E-state index in [1.807, 2.05) is 17.0 Å². The smallest absolute Gasteiger partial charge is 0.245 e. The van der Waals surface area contributed by atoms with Crippen molar-refractivity contribution in [2.45, 2.75) is 24.7 Å². The van der Waals surface area contributed by atoms with E-state index in [1.165, 1.54) is 6.08 Å². The Morgan fingerprint density at radius 1 is 1.30 bits per heavy atom. The number of phenolic OH excluding ortho intramolecular Hbond substituents is 1. The van der Waals surface area contributed by atoms with Crippen LogP contribution in [0, 0.1) is 0 Å². The molecule has 2 saturated heterocycles. The number of nitrogens with one attached hydrogen (secondary N) is 1. The Morgan fingerprint density at radius 3 is 2.80 bits per heavy atom. The van der Waals surface area contributed by atoms with Crippen molar-refractivity contribution in [3.63, 3.8) is 0 Å². The maximum absolute atomic E-state index is 12.0. The van der Waals surface area contributed by atoms with Gasteiger partial charge in [0, 0.05) is 54.1 Å². The SMILES string of the molecule is C=CC(=O)N1CCC(c2[nH]c(N)c(/C=C(\N)c3ccccc3O)c2C2CCOC2)C1. The molecule has 2 unspecified atom stereocenters. The first-order chi connectivity index (χ1) is 14.5. The number of nitrogens with two attached hydrogens (primary N) is 2. The second kappa shape index (κ2) is 8.28. The fourth-order valence-electron chi connectivity index (χ4n) is 4.53. The van der Waals surface area contributed by atoms with E-state index >= 15 is 0 Å². The molecule has 3 heterocycles. The summed E-state index contributed by atoms with van der Waals surface area (Å²) in [6.45, 7) is 6.25. The third-order valence-corrected chi connectivity index (χ3v) is 6.08. The second-order valence-electron chi connectivity index (χ2n) is 7.93. The summed E-state index contributed by atoms with van der Waals surface area (Å²) in [5, 5.41) is 10.2. The number of ether oxygens (including phenoxy) is 1. The van der Waals surface area contributed by atoms with Crippen LogP contribution in [0.3, 0.4) is 0 Å². The first-order valence-corrected chi connectivity index (χ1v) is 10.3. The molecule has 0 radical (unpaired) electrons. The number of amides is 1. The van der Waals surface area contributed by atoms with Gasteiger partial charge in [-0.25, -0.2) is 0 Å². The van der Waals surface area contributed by atoms with Crippen LogP contribution in [-0.2, 0) is 9.53 Å². The van der Waals surface area contributed by atoms with Crippen molar-refractivity contribution in [3.8, 4) is 5.75 Å². The van der Waals surface area contributed by atoms with Crippen molar-refractivity contribution >= 4 is 23.5 Å². The highest BCUT2D eigenvalue weighted by Crippen LogP contribution is 2.41. The predicted molar refractivity (Wildman–Crippen MR) is 118 cm³/mol. The van der Waals surface area contributed by atoms with Gasteiger partial charge in [0.15, 0.2) is 0 Å². The molecule has 0 saturated carbocycles. The number of aromatic amines is 1. The lowest BCUT2D eigenvalue weighted by Gasteiger charge is -2.17. The molecule has 2 aliphatic heterocycles. The van der Waals surface area contributed by atoms with Crippen LogP contribution < -0.4 is 11.5 Å². The molecule has 6 N–H and O–H groups in total. The Kier molecular flexibility index (Phi) is 5.55. The summed E-state index contributed by atoms with van der Waals surface area (Å²) < 4.78 is 5.65. The molecule has 1 aromatic carbocycles. The number of nitrogen functional groups attached to an aromatic ring is 1. The number of anilines is 1. The van der Waals surface area contributed by atoms with Crippen LogP contribution in [0.4, 0.5) is 5.82 Å². The number of aromatic nitrogens is 1. The number of benzene rings is 1. The molecule has 7 nitrogen and oxygen atoms in total. The van der Waals surface area contributed by atoms with Crippen LogP contribution in [0.5, 0.6) is 5.75 Å². The molecule has 0 aliphatic carbocycles. The normalized spacial score (nSPS) is 21.9. The average molecular weight is 409 g/mol. The zero-order chi connectivity index (χ0) is 21.3. The van der Waals surface area contributed by atoms with E-state index in [1.54, 1.807) is 18.2 Å². The van der Waals surface area contributed by atoms with Crippen molar-refractivity contribution in [3.05, 3.63) is 59.3 Å². The first kappa shape index (κ1) is 20.1. The first-order valence-electron chi connectivity index (χ1n) is 10.3. The van der Waals surface area contributed by atoms with Gasteiger partial charge < -0.3 is 31.2 Å². The maximum atomic E-state index is 12.0. The quantitative estimate of drug-likeness (QED) is 0.568. The zero-order valence-corrected chi connectivity index (χ0v) is 16.9. The van der Waals surface area contributed by atoms with E-state index in [-0.39, 0.29) is 23.5 Å². The number of hydrogen-bond acceptors (Lipinski definition) is 5. The van der Waals surface area contributed by atoms with Crippen molar-refractivity contribution in [1.82, 2.24) is 9.88 Å². The molecule has 158 valence electrons. The predicted octanol–water partition coefficient (Wildman–Crippen LogP) is 2.77. The van der Waals surface area contributed by atoms with Crippen molar-refractivity contribution in [2.75, 3.05) is 32.0 Å². The highest BCUT2D eigenvalue weighted by atomic mass is 16.5. The third kappa shape index (κ3) is 3.68. The molecule has 2 fully saturated rings. The van der Waals surface area contributed by atoms with E-state index in [0.717, 1.165) is 29.7 Å². The summed E-state index contributed by atoms with van der Waals surface area (Å²) in [5.41, 5.74) is 16.8. The van der Waals surface area contributed by atoms with Crippen LogP contribution in [0.1, 0.15) is 47.1 Å². The molecule has 30 heavy (non-hydrogen) atoms. The van der Waals surface area contributed by atoms with Gasteiger partial charge in [-0.05, 0) is 42.7 Å². The van der Waals surface area contributed by atoms with Crippen LogP contribution >= 0.6 is 0 Å². The number of nitrogens with zero attached hydrogens (tertiary/aromatic N) is 1.